The maximum atomic E-state index is 12.3. The first kappa shape index (κ1) is 17.7. The highest BCUT2D eigenvalue weighted by Gasteiger charge is 2.11. The number of fused-ring (bicyclic) bond motifs is 1. The van der Waals surface area contributed by atoms with Gasteiger partial charge in [0, 0.05) is 17.1 Å². The Morgan fingerprint density at radius 2 is 2.04 bits per heavy atom. The Kier molecular flexibility index (Phi) is 5.17. The summed E-state index contributed by atoms with van der Waals surface area (Å²) in [6.45, 7) is 2.13. The van der Waals surface area contributed by atoms with Crippen LogP contribution in [0.5, 0.6) is 0 Å². The zero-order valence-corrected chi connectivity index (χ0v) is 16.3. The lowest BCUT2D eigenvalue weighted by Gasteiger charge is -2.01. The van der Waals surface area contributed by atoms with Gasteiger partial charge in [-0.25, -0.2) is 4.98 Å². The molecule has 0 bridgehead atoms. The van der Waals surface area contributed by atoms with Gasteiger partial charge in [-0.15, -0.1) is 21.5 Å². The van der Waals surface area contributed by atoms with E-state index < -0.39 is 0 Å². The van der Waals surface area contributed by atoms with Crippen LogP contribution in [0.2, 0.25) is 0 Å². The standard InChI is InChI=1S/C19H17N5OS2/c1-2-13-6-8-14(9-7-13)15-11-26-18(20-15)21-17(25)12-27-19-23-22-16-5-3-4-10-24(16)19/h3-11H,2,12H2,1H3,(H,20,21,25). The van der Waals surface area contributed by atoms with Gasteiger partial charge in [-0.3, -0.25) is 9.20 Å². The van der Waals surface area contributed by atoms with Crippen molar-refractivity contribution in [2.75, 3.05) is 11.1 Å². The number of benzene rings is 1. The van der Waals surface area contributed by atoms with Crippen molar-refractivity contribution in [1.82, 2.24) is 19.6 Å². The lowest BCUT2D eigenvalue weighted by Crippen LogP contribution is -2.14. The maximum absolute atomic E-state index is 12.3. The largest absolute Gasteiger partial charge is 0.301 e. The zero-order chi connectivity index (χ0) is 18.6. The van der Waals surface area contributed by atoms with E-state index in [1.54, 1.807) is 0 Å². The second-order valence-electron chi connectivity index (χ2n) is 5.84. The number of aromatic nitrogens is 4. The number of hydrogen-bond acceptors (Lipinski definition) is 6. The lowest BCUT2D eigenvalue weighted by molar-refractivity contribution is -0.113. The van der Waals surface area contributed by atoms with Crippen molar-refractivity contribution < 1.29 is 4.79 Å². The molecule has 0 radical (unpaired) electrons. The molecule has 0 unspecified atom stereocenters. The second-order valence-corrected chi connectivity index (χ2v) is 7.64. The Balaban J connectivity index is 1.37. The normalized spacial score (nSPS) is 11.0. The minimum absolute atomic E-state index is 0.116. The molecule has 3 heterocycles. The fourth-order valence-corrected chi connectivity index (χ4v) is 4.04. The summed E-state index contributed by atoms with van der Waals surface area (Å²) >= 11 is 2.77. The van der Waals surface area contributed by atoms with Crippen molar-refractivity contribution >= 4 is 39.8 Å². The van der Waals surface area contributed by atoms with Crippen LogP contribution in [0.1, 0.15) is 12.5 Å². The van der Waals surface area contributed by atoms with Gasteiger partial charge in [0.25, 0.3) is 0 Å². The fourth-order valence-electron chi connectivity index (χ4n) is 2.58. The summed E-state index contributed by atoms with van der Waals surface area (Å²) in [5, 5.41) is 14.3. The summed E-state index contributed by atoms with van der Waals surface area (Å²) in [6.07, 6.45) is 2.89. The number of nitrogens with zero attached hydrogens (tertiary/aromatic N) is 4. The van der Waals surface area contributed by atoms with E-state index >= 15 is 0 Å². The predicted octanol–water partition coefficient (Wildman–Crippen LogP) is 4.15. The van der Waals surface area contributed by atoms with Crippen molar-refractivity contribution in [1.29, 1.82) is 0 Å². The van der Waals surface area contributed by atoms with E-state index in [1.807, 2.05) is 34.2 Å². The monoisotopic (exact) mass is 395 g/mol. The molecule has 0 aliphatic heterocycles. The quantitative estimate of drug-likeness (QED) is 0.497. The van der Waals surface area contributed by atoms with Crippen LogP contribution in [0.3, 0.4) is 0 Å². The van der Waals surface area contributed by atoms with E-state index in [2.05, 4.69) is 51.7 Å². The molecule has 0 aliphatic rings. The molecule has 0 spiro atoms. The van der Waals surface area contributed by atoms with E-state index in [0.29, 0.717) is 10.3 Å². The van der Waals surface area contributed by atoms with Gasteiger partial charge in [-0.05, 0) is 24.1 Å². The fraction of sp³-hybridized carbons (Fsp3) is 0.158. The summed E-state index contributed by atoms with van der Waals surface area (Å²) in [4.78, 5) is 16.8. The number of carbonyl (C=O) groups is 1. The average Bonchev–Trinajstić information content (AvgIpc) is 3.33. The summed E-state index contributed by atoms with van der Waals surface area (Å²) < 4.78 is 1.86. The highest BCUT2D eigenvalue weighted by molar-refractivity contribution is 7.99. The smallest absolute Gasteiger partial charge is 0.236 e. The van der Waals surface area contributed by atoms with E-state index in [9.17, 15) is 4.79 Å². The van der Waals surface area contributed by atoms with E-state index in [1.165, 1.54) is 28.7 Å². The highest BCUT2D eigenvalue weighted by Crippen LogP contribution is 2.25. The lowest BCUT2D eigenvalue weighted by atomic mass is 10.1. The Labute approximate surface area is 164 Å². The van der Waals surface area contributed by atoms with Crippen LogP contribution in [0, 0.1) is 0 Å². The predicted molar refractivity (Wildman–Crippen MR) is 109 cm³/mol. The van der Waals surface area contributed by atoms with E-state index in [0.717, 1.165) is 23.3 Å². The van der Waals surface area contributed by atoms with Crippen LogP contribution in [0.15, 0.2) is 59.2 Å². The van der Waals surface area contributed by atoms with Crippen molar-refractivity contribution in [2.45, 2.75) is 18.5 Å². The number of thiazole rings is 1. The van der Waals surface area contributed by atoms with Crippen molar-refractivity contribution in [2.24, 2.45) is 0 Å². The SMILES string of the molecule is CCc1ccc(-c2csc(NC(=O)CSc3nnc4ccccn34)n2)cc1. The van der Waals surface area contributed by atoms with Crippen LogP contribution in [-0.2, 0) is 11.2 Å². The summed E-state index contributed by atoms with van der Waals surface area (Å²) in [5.41, 5.74) is 3.97. The van der Waals surface area contributed by atoms with Gasteiger partial charge in [-0.1, -0.05) is 49.0 Å². The third-order valence-corrected chi connectivity index (χ3v) is 5.72. The van der Waals surface area contributed by atoms with Crippen molar-refractivity contribution in [3.63, 3.8) is 0 Å². The topological polar surface area (TPSA) is 72.2 Å². The first-order valence-electron chi connectivity index (χ1n) is 8.50. The third-order valence-electron chi connectivity index (χ3n) is 4.02. The number of pyridine rings is 1. The van der Waals surface area contributed by atoms with Crippen molar-refractivity contribution in [3.05, 3.63) is 59.6 Å². The molecule has 136 valence electrons. The Morgan fingerprint density at radius 1 is 1.19 bits per heavy atom. The molecule has 4 aromatic rings. The van der Waals surface area contributed by atoms with E-state index in [-0.39, 0.29) is 11.7 Å². The molecule has 0 saturated heterocycles. The average molecular weight is 396 g/mol. The van der Waals surface area contributed by atoms with Gasteiger partial charge >= 0.3 is 0 Å². The molecule has 0 atom stereocenters. The third kappa shape index (κ3) is 4.01. The second kappa shape index (κ2) is 7.89. The summed E-state index contributed by atoms with van der Waals surface area (Å²) in [6, 6.07) is 14.0. The number of rotatable bonds is 6. The van der Waals surface area contributed by atoms with Crippen LogP contribution in [-0.4, -0.2) is 31.2 Å². The molecular formula is C19H17N5OS2. The number of carbonyl (C=O) groups excluding carboxylic acids is 1. The van der Waals surface area contributed by atoms with Gasteiger partial charge < -0.3 is 5.32 Å². The Hall–Kier alpha value is -2.71. The molecule has 1 N–H and O–H groups in total. The summed E-state index contributed by atoms with van der Waals surface area (Å²) in [7, 11) is 0. The molecule has 6 nitrogen and oxygen atoms in total. The van der Waals surface area contributed by atoms with Gasteiger partial charge in [0.15, 0.2) is 15.9 Å². The van der Waals surface area contributed by atoms with Gasteiger partial charge in [0.05, 0.1) is 11.4 Å². The molecule has 3 aromatic heterocycles. The molecule has 4 rings (SSSR count). The number of thioether (sulfide) groups is 1. The molecule has 27 heavy (non-hydrogen) atoms. The minimum atomic E-state index is -0.116. The molecule has 0 aliphatic carbocycles. The highest BCUT2D eigenvalue weighted by atomic mass is 32.2. The van der Waals surface area contributed by atoms with Crippen LogP contribution < -0.4 is 5.32 Å². The summed E-state index contributed by atoms with van der Waals surface area (Å²) in [5.74, 6) is 0.130. The maximum Gasteiger partial charge on any atom is 0.236 e. The number of aryl methyl sites for hydroxylation is 1. The molecule has 0 saturated carbocycles. The number of amides is 1. The van der Waals surface area contributed by atoms with Crippen molar-refractivity contribution in [3.8, 4) is 11.3 Å². The first-order valence-corrected chi connectivity index (χ1v) is 10.4. The zero-order valence-electron chi connectivity index (χ0n) is 14.6. The van der Waals surface area contributed by atoms with Gasteiger partial charge in [0.1, 0.15) is 0 Å². The van der Waals surface area contributed by atoms with Gasteiger partial charge in [0.2, 0.25) is 5.91 Å². The molecule has 1 aromatic carbocycles. The van der Waals surface area contributed by atoms with Crippen LogP contribution >= 0.6 is 23.1 Å². The first-order chi connectivity index (χ1) is 13.2. The van der Waals surface area contributed by atoms with E-state index in [4.69, 9.17) is 0 Å². The Morgan fingerprint density at radius 3 is 2.85 bits per heavy atom. The minimum Gasteiger partial charge on any atom is -0.301 e. The Bertz CT molecular complexity index is 1070. The molecular weight excluding hydrogens is 378 g/mol. The molecule has 0 fully saturated rings. The van der Waals surface area contributed by atoms with Crippen LogP contribution in [0.25, 0.3) is 16.9 Å². The number of nitrogens with one attached hydrogen (secondary N) is 1. The molecule has 1 amide bonds. The molecule has 8 heteroatoms. The van der Waals surface area contributed by atoms with Gasteiger partial charge in [-0.2, -0.15) is 0 Å². The number of hydrogen-bond donors (Lipinski definition) is 1. The van der Waals surface area contributed by atoms with Crippen LogP contribution in [0.4, 0.5) is 5.13 Å². The number of anilines is 1.